The summed E-state index contributed by atoms with van der Waals surface area (Å²) in [6.45, 7) is 2.27. The molecule has 7 nitrogen and oxygen atoms in total. The SMILES string of the molecule is CSCCC(NS(=O)(=O)c1ccccc1)C(=O)Nc1ccc(N2CCOCC2)c(F)c1. The number of amides is 1. The monoisotopic (exact) mass is 467 g/mol. The lowest BCUT2D eigenvalue weighted by Crippen LogP contribution is -2.44. The lowest BCUT2D eigenvalue weighted by molar-refractivity contribution is -0.117. The number of hydrogen-bond acceptors (Lipinski definition) is 6. The Hall–Kier alpha value is -2.14. The van der Waals surface area contributed by atoms with Crippen LogP contribution in [0.15, 0.2) is 53.4 Å². The molecule has 2 N–H and O–H groups in total. The highest BCUT2D eigenvalue weighted by molar-refractivity contribution is 7.98. The molecule has 0 saturated carbocycles. The Balaban J connectivity index is 1.72. The van der Waals surface area contributed by atoms with E-state index in [9.17, 15) is 17.6 Å². The summed E-state index contributed by atoms with van der Waals surface area (Å²) in [6.07, 6.45) is 2.17. The number of anilines is 2. The van der Waals surface area contributed by atoms with E-state index >= 15 is 0 Å². The number of thioether (sulfide) groups is 1. The lowest BCUT2D eigenvalue weighted by Gasteiger charge is -2.29. The summed E-state index contributed by atoms with van der Waals surface area (Å²) in [7, 11) is -3.87. The van der Waals surface area contributed by atoms with Crippen molar-refractivity contribution in [2.24, 2.45) is 0 Å². The number of morpholine rings is 1. The average molecular weight is 468 g/mol. The van der Waals surface area contributed by atoms with Crippen LogP contribution in [-0.2, 0) is 19.6 Å². The van der Waals surface area contributed by atoms with Crippen molar-refractivity contribution >= 4 is 39.1 Å². The van der Waals surface area contributed by atoms with Gasteiger partial charge in [-0.25, -0.2) is 12.8 Å². The van der Waals surface area contributed by atoms with Gasteiger partial charge in [0.05, 0.1) is 23.8 Å². The summed E-state index contributed by atoms with van der Waals surface area (Å²) in [6, 6.07) is 11.4. The smallest absolute Gasteiger partial charge is 0.242 e. The molecule has 1 aliphatic rings. The first-order valence-electron chi connectivity index (χ1n) is 9.90. The van der Waals surface area contributed by atoms with Gasteiger partial charge in [0.1, 0.15) is 11.9 Å². The maximum atomic E-state index is 14.6. The molecule has 31 heavy (non-hydrogen) atoms. The Labute approximate surface area is 186 Å². The van der Waals surface area contributed by atoms with Gasteiger partial charge in [0.2, 0.25) is 15.9 Å². The molecule has 168 valence electrons. The number of rotatable bonds is 9. The maximum Gasteiger partial charge on any atom is 0.242 e. The number of halogens is 1. The first-order valence-corrected chi connectivity index (χ1v) is 12.8. The molecule has 1 heterocycles. The van der Waals surface area contributed by atoms with Crippen LogP contribution < -0.4 is 14.9 Å². The molecule has 1 fully saturated rings. The third-order valence-electron chi connectivity index (χ3n) is 4.85. The van der Waals surface area contributed by atoms with Crippen molar-refractivity contribution in [3.05, 3.63) is 54.3 Å². The van der Waals surface area contributed by atoms with Gasteiger partial charge >= 0.3 is 0 Å². The molecule has 1 unspecified atom stereocenters. The van der Waals surface area contributed by atoms with Crippen molar-refractivity contribution in [2.45, 2.75) is 17.4 Å². The van der Waals surface area contributed by atoms with Crippen LogP contribution in [0.5, 0.6) is 0 Å². The normalized spacial score (nSPS) is 15.5. The van der Waals surface area contributed by atoms with E-state index in [0.29, 0.717) is 44.2 Å². The zero-order chi connectivity index (χ0) is 22.3. The highest BCUT2D eigenvalue weighted by Gasteiger charge is 2.26. The zero-order valence-electron chi connectivity index (χ0n) is 17.2. The molecule has 0 aromatic heterocycles. The molecular weight excluding hydrogens is 441 g/mol. The third kappa shape index (κ3) is 6.42. The maximum absolute atomic E-state index is 14.6. The van der Waals surface area contributed by atoms with Crippen molar-refractivity contribution in [1.82, 2.24) is 4.72 Å². The minimum Gasteiger partial charge on any atom is -0.378 e. The first-order chi connectivity index (χ1) is 14.9. The molecule has 0 radical (unpaired) electrons. The Morgan fingerprint density at radius 2 is 1.90 bits per heavy atom. The van der Waals surface area contributed by atoms with Crippen molar-refractivity contribution in [2.75, 3.05) is 48.5 Å². The zero-order valence-corrected chi connectivity index (χ0v) is 18.8. The van der Waals surface area contributed by atoms with Gasteiger partial charge in [-0.15, -0.1) is 0 Å². The third-order valence-corrected chi connectivity index (χ3v) is 6.98. The lowest BCUT2D eigenvalue weighted by atomic mass is 10.2. The van der Waals surface area contributed by atoms with Crippen LogP contribution in [0.2, 0.25) is 0 Å². The number of nitrogens with one attached hydrogen (secondary N) is 2. The molecule has 3 rings (SSSR count). The van der Waals surface area contributed by atoms with E-state index in [4.69, 9.17) is 4.74 Å². The largest absolute Gasteiger partial charge is 0.378 e. The summed E-state index contributed by atoms with van der Waals surface area (Å²) in [5, 5.41) is 2.64. The molecule has 1 atom stereocenters. The van der Waals surface area contributed by atoms with Gasteiger partial charge in [0.15, 0.2) is 0 Å². The van der Waals surface area contributed by atoms with Crippen molar-refractivity contribution < 1.29 is 22.3 Å². The number of benzene rings is 2. The molecule has 1 amide bonds. The van der Waals surface area contributed by atoms with Crippen LogP contribution in [0.3, 0.4) is 0 Å². The Bertz CT molecular complexity index is 983. The number of ether oxygens (including phenoxy) is 1. The number of carbonyl (C=O) groups is 1. The second-order valence-electron chi connectivity index (χ2n) is 7.02. The van der Waals surface area contributed by atoms with E-state index < -0.39 is 27.8 Å². The molecule has 10 heteroatoms. The molecule has 0 aliphatic carbocycles. The van der Waals surface area contributed by atoms with E-state index in [2.05, 4.69) is 10.0 Å². The minimum atomic E-state index is -3.87. The first kappa shape index (κ1) is 23.5. The highest BCUT2D eigenvalue weighted by Crippen LogP contribution is 2.24. The fourth-order valence-electron chi connectivity index (χ4n) is 3.21. The summed E-state index contributed by atoms with van der Waals surface area (Å²) in [4.78, 5) is 14.8. The Morgan fingerprint density at radius 3 is 2.55 bits per heavy atom. The number of hydrogen-bond donors (Lipinski definition) is 2. The minimum absolute atomic E-state index is 0.0814. The number of carbonyl (C=O) groups excluding carboxylic acids is 1. The summed E-state index contributed by atoms with van der Waals surface area (Å²) < 4.78 is 47.7. The summed E-state index contributed by atoms with van der Waals surface area (Å²) in [5.41, 5.74) is 0.720. The predicted octanol–water partition coefficient (Wildman–Crippen LogP) is 2.70. The van der Waals surface area contributed by atoms with Crippen LogP contribution in [0, 0.1) is 5.82 Å². The second-order valence-corrected chi connectivity index (χ2v) is 9.72. The Morgan fingerprint density at radius 1 is 1.19 bits per heavy atom. The van der Waals surface area contributed by atoms with Crippen molar-refractivity contribution in [3.8, 4) is 0 Å². The van der Waals surface area contributed by atoms with Crippen LogP contribution in [0.1, 0.15) is 6.42 Å². The molecule has 0 spiro atoms. The van der Waals surface area contributed by atoms with Gasteiger partial charge in [-0.1, -0.05) is 18.2 Å². The fourth-order valence-corrected chi connectivity index (χ4v) is 4.93. The van der Waals surface area contributed by atoms with E-state index in [-0.39, 0.29) is 10.6 Å². The van der Waals surface area contributed by atoms with E-state index in [1.54, 1.807) is 30.3 Å². The van der Waals surface area contributed by atoms with Gasteiger partial charge in [-0.3, -0.25) is 4.79 Å². The molecule has 2 aromatic rings. The fraction of sp³-hybridized carbons (Fsp3) is 0.381. The van der Waals surface area contributed by atoms with Gasteiger partial charge in [0, 0.05) is 18.8 Å². The summed E-state index contributed by atoms with van der Waals surface area (Å²) >= 11 is 1.51. The molecule has 1 saturated heterocycles. The average Bonchev–Trinajstić information content (AvgIpc) is 2.78. The van der Waals surface area contributed by atoms with Crippen LogP contribution >= 0.6 is 11.8 Å². The van der Waals surface area contributed by atoms with Gasteiger partial charge in [-0.2, -0.15) is 16.5 Å². The Kier molecular flexibility index (Phi) is 8.30. The molecular formula is C21H26FN3O4S2. The number of nitrogens with zero attached hydrogens (tertiary/aromatic N) is 1. The number of sulfonamides is 1. The van der Waals surface area contributed by atoms with Gasteiger partial charge < -0.3 is 15.0 Å². The molecule has 0 bridgehead atoms. The quantitative estimate of drug-likeness (QED) is 0.590. The second kappa shape index (κ2) is 10.9. The summed E-state index contributed by atoms with van der Waals surface area (Å²) in [5.74, 6) is -0.406. The van der Waals surface area contributed by atoms with Crippen molar-refractivity contribution in [3.63, 3.8) is 0 Å². The predicted molar refractivity (Wildman–Crippen MR) is 122 cm³/mol. The van der Waals surface area contributed by atoms with Crippen LogP contribution in [-0.4, -0.2) is 58.7 Å². The van der Waals surface area contributed by atoms with E-state index in [0.717, 1.165) is 0 Å². The van der Waals surface area contributed by atoms with Gasteiger partial charge in [0.25, 0.3) is 0 Å². The van der Waals surface area contributed by atoms with E-state index in [1.807, 2.05) is 11.2 Å². The standard InChI is InChI=1S/C21H26FN3O4S2/c1-30-14-9-19(24-31(27,28)17-5-3-2-4-6-17)21(26)23-16-7-8-20(18(22)15-16)25-10-12-29-13-11-25/h2-8,15,19,24H,9-14H2,1H3,(H,23,26). The van der Waals surface area contributed by atoms with Crippen LogP contribution in [0.4, 0.5) is 15.8 Å². The molecule has 1 aliphatic heterocycles. The van der Waals surface area contributed by atoms with Crippen LogP contribution in [0.25, 0.3) is 0 Å². The topological polar surface area (TPSA) is 87.7 Å². The highest BCUT2D eigenvalue weighted by atomic mass is 32.2. The van der Waals surface area contributed by atoms with Gasteiger partial charge in [-0.05, 0) is 48.8 Å². The molecule has 2 aromatic carbocycles. The van der Waals surface area contributed by atoms with E-state index in [1.165, 1.54) is 30.0 Å². The van der Waals surface area contributed by atoms with Crippen molar-refractivity contribution in [1.29, 1.82) is 0 Å².